The number of benzene rings is 2. The average molecular weight is 616 g/mol. The molecule has 4 amide bonds. The minimum atomic E-state index is -0.684. The number of primary amides is 1. The van der Waals surface area contributed by atoms with Gasteiger partial charge in [0, 0.05) is 56.4 Å². The number of aryl methyl sites for hydroxylation is 1. The van der Waals surface area contributed by atoms with Gasteiger partial charge in [-0.05, 0) is 65.3 Å². The Balaban J connectivity index is 1.75. The number of rotatable bonds is 9. The highest BCUT2D eigenvalue weighted by molar-refractivity contribution is 6.01. The fourth-order valence-corrected chi connectivity index (χ4v) is 5.72. The van der Waals surface area contributed by atoms with Crippen LogP contribution in [-0.4, -0.2) is 86.9 Å². The summed E-state index contributed by atoms with van der Waals surface area (Å²) in [7, 11) is 0. The molecular weight excluding hydrogens is 570 g/mol. The van der Waals surface area contributed by atoms with Crippen LogP contribution in [0.2, 0.25) is 0 Å². The van der Waals surface area contributed by atoms with E-state index in [1.165, 1.54) is 0 Å². The van der Waals surface area contributed by atoms with E-state index in [4.69, 9.17) is 10.5 Å². The first-order chi connectivity index (χ1) is 21.3. The summed E-state index contributed by atoms with van der Waals surface area (Å²) in [6, 6.07) is 20.9. The van der Waals surface area contributed by atoms with Gasteiger partial charge in [-0.25, -0.2) is 4.79 Å². The van der Waals surface area contributed by atoms with Gasteiger partial charge in [0.2, 0.25) is 11.8 Å². The maximum atomic E-state index is 14.7. The molecule has 0 aliphatic carbocycles. The van der Waals surface area contributed by atoms with Crippen molar-refractivity contribution in [3.05, 3.63) is 78.0 Å². The van der Waals surface area contributed by atoms with Gasteiger partial charge in [0.05, 0.1) is 17.3 Å². The molecule has 2 N–H and O–H groups in total. The Hall–Kier alpha value is -4.60. The standard InChI is InChI=1S/C35H45N5O5/c1-24(2)39(31(42)18-17-30(36)41)23-28-22-37(34(44)45-35(4,5)6)19-20-38(28)33(43)29-21-25(3)40(27-15-11-8-12-16-27)32(29)26-13-9-7-10-14-26/h7-16,21,24,28H,17-20,22-23H2,1-6H3,(H2,36,41)/t28-/m0/s1. The van der Waals surface area contributed by atoms with E-state index < -0.39 is 23.6 Å². The third-order valence-corrected chi connectivity index (χ3v) is 7.81. The van der Waals surface area contributed by atoms with E-state index in [9.17, 15) is 19.2 Å². The van der Waals surface area contributed by atoms with Crippen molar-refractivity contribution in [3.8, 4) is 16.9 Å². The van der Waals surface area contributed by atoms with E-state index in [0.717, 1.165) is 22.6 Å². The maximum absolute atomic E-state index is 14.7. The SMILES string of the molecule is Cc1cc(C(=O)N2CCN(C(=O)OC(C)(C)C)C[C@H]2CN(C(=O)CCC(N)=O)C(C)C)c(-c2ccccc2)n1-c1ccccc1. The number of aromatic nitrogens is 1. The minimum absolute atomic E-state index is 0.0266. The number of ether oxygens (including phenoxy) is 1. The van der Waals surface area contributed by atoms with E-state index in [-0.39, 0.29) is 56.9 Å². The van der Waals surface area contributed by atoms with Crippen LogP contribution in [0.5, 0.6) is 0 Å². The molecule has 1 aliphatic heterocycles. The molecule has 0 saturated carbocycles. The number of hydrogen-bond donors (Lipinski definition) is 1. The van der Waals surface area contributed by atoms with Crippen LogP contribution in [-0.2, 0) is 14.3 Å². The van der Waals surface area contributed by atoms with Crippen molar-refractivity contribution in [2.45, 2.75) is 72.1 Å². The molecule has 45 heavy (non-hydrogen) atoms. The maximum Gasteiger partial charge on any atom is 0.410 e. The molecule has 1 fully saturated rings. The number of amides is 4. The first-order valence-corrected chi connectivity index (χ1v) is 15.5. The smallest absolute Gasteiger partial charge is 0.410 e. The molecule has 0 radical (unpaired) electrons. The molecule has 2 heterocycles. The summed E-state index contributed by atoms with van der Waals surface area (Å²) < 4.78 is 7.75. The van der Waals surface area contributed by atoms with Crippen molar-refractivity contribution in [2.75, 3.05) is 26.2 Å². The summed E-state index contributed by atoms with van der Waals surface area (Å²) in [6.07, 6.45) is -0.556. The van der Waals surface area contributed by atoms with Gasteiger partial charge in [-0.1, -0.05) is 48.5 Å². The number of para-hydroxylation sites is 1. The quantitative estimate of drug-likeness (QED) is 0.363. The zero-order chi connectivity index (χ0) is 32.9. The van der Waals surface area contributed by atoms with Crippen molar-refractivity contribution < 1.29 is 23.9 Å². The lowest BCUT2D eigenvalue weighted by molar-refractivity contribution is -0.135. The number of carbonyl (C=O) groups is 4. The first kappa shape index (κ1) is 33.3. The van der Waals surface area contributed by atoms with E-state index in [2.05, 4.69) is 4.57 Å². The van der Waals surface area contributed by atoms with Gasteiger partial charge in [-0.3, -0.25) is 14.4 Å². The van der Waals surface area contributed by atoms with E-state index in [1.54, 1.807) is 14.7 Å². The summed E-state index contributed by atoms with van der Waals surface area (Å²) >= 11 is 0. The second-order valence-electron chi connectivity index (χ2n) is 12.8. The third-order valence-electron chi connectivity index (χ3n) is 7.81. The van der Waals surface area contributed by atoms with Crippen molar-refractivity contribution >= 4 is 23.8 Å². The summed E-state index contributed by atoms with van der Waals surface area (Å²) in [5.41, 5.74) is 8.68. The Kier molecular flexibility index (Phi) is 10.4. The third kappa shape index (κ3) is 8.12. The second kappa shape index (κ2) is 14.0. The number of nitrogens with two attached hydrogens (primary N) is 1. The zero-order valence-corrected chi connectivity index (χ0v) is 27.2. The molecule has 0 spiro atoms. The van der Waals surface area contributed by atoms with Gasteiger partial charge >= 0.3 is 6.09 Å². The van der Waals surface area contributed by atoms with Crippen molar-refractivity contribution in [3.63, 3.8) is 0 Å². The summed E-state index contributed by atoms with van der Waals surface area (Å²) in [6.45, 7) is 12.1. The fourth-order valence-electron chi connectivity index (χ4n) is 5.72. The molecule has 1 atom stereocenters. The fraction of sp³-hybridized carbons (Fsp3) is 0.429. The minimum Gasteiger partial charge on any atom is -0.444 e. The molecule has 1 aliphatic rings. The molecule has 3 aromatic rings. The molecule has 0 bridgehead atoms. The lowest BCUT2D eigenvalue weighted by atomic mass is 10.0. The van der Waals surface area contributed by atoms with Crippen LogP contribution in [0.1, 0.15) is 63.5 Å². The van der Waals surface area contributed by atoms with Gasteiger partial charge < -0.3 is 29.7 Å². The molecule has 10 nitrogen and oxygen atoms in total. The normalized spacial score (nSPS) is 15.2. The van der Waals surface area contributed by atoms with Crippen LogP contribution in [0.25, 0.3) is 16.9 Å². The van der Waals surface area contributed by atoms with Gasteiger partial charge in [0.15, 0.2) is 0 Å². The predicted octanol–water partition coefficient (Wildman–Crippen LogP) is 5.02. The van der Waals surface area contributed by atoms with Gasteiger partial charge in [0.1, 0.15) is 5.60 Å². The summed E-state index contributed by atoms with van der Waals surface area (Å²) in [5, 5.41) is 0. The average Bonchev–Trinajstić information content (AvgIpc) is 3.34. The molecular formula is C35H45N5O5. The van der Waals surface area contributed by atoms with Crippen molar-refractivity contribution in [1.82, 2.24) is 19.3 Å². The first-order valence-electron chi connectivity index (χ1n) is 15.5. The Morgan fingerprint density at radius 3 is 2.16 bits per heavy atom. The Morgan fingerprint density at radius 2 is 1.58 bits per heavy atom. The van der Waals surface area contributed by atoms with Crippen LogP contribution in [0.15, 0.2) is 66.7 Å². The largest absolute Gasteiger partial charge is 0.444 e. The summed E-state index contributed by atoms with van der Waals surface area (Å²) in [5.74, 6) is -0.972. The van der Waals surface area contributed by atoms with Crippen molar-refractivity contribution in [1.29, 1.82) is 0 Å². The van der Waals surface area contributed by atoms with E-state index in [1.807, 2.05) is 108 Å². The van der Waals surface area contributed by atoms with Gasteiger partial charge in [-0.15, -0.1) is 0 Å². The molecule has 4 rings (SSSR count). The van der Waals surface area contributed by atoms with Crippen LogP contribution in [0.3, 0.4) is 0 Å². The topological polar surface area (TPSA) is 118 Å². The van der Waals surface area contributed by atoms with Gasteiger partial charge in [0.25, 0.3) is 5.91 Å². The lowest BCUT2D eigenvalue weighted by Crippen LogP contribution is -2.61. The Morgan fingerprint density at radius 1 is 0.956 bits per heavy atom. The van der Waals surface area contributed by atoms with Crippen LogP contribution in [0.4, 0.5) is 4.79 Å². The molecule has 240 valence electrons. The monoisotopic (exact) mass is 615 g/mol. The summed E-state index contributed by atoms with van der Waals surface area (Å²) in [4.78, 5) is 57.5. The molecule has 2 aromatic carbocycles. The molecule has 10 heteroatoms. The number of hydrogen-bond acceptors (Lipinski definition) is 5. The van der Waals surface area contributed by atoms with E-state index >= 15 is 0 Å². The lowest BCUT2D eigenvalue weighted by Gasteiger charge is -2.44. The highest BCUT2D eigenvalue weighted by Gasteiger charge is 2.38. The van der Waals surface area contributed by atoms with Crippen molar-refractivity contribution in [2.24, 2.45) is 5.73 Å². The molecule has 1 aromatic heterocycles. The highest BCUT2D eigenvalue weighted by atomic mass is 16.6. The zero-order valence-electron chi connectivity index (χ0n) is 27.2. The number of piperazine rings is 1. The Labute approximate surface area is 265 Å². The molecule has 0 unspecified atom stereocenters. The molecule has 1 saturated heterocycles. The number of nitrogens with zero attached hydrogens (tertiary/aromatic N) is 4. The predicted molar refractivity (Wildman–Crippen MR) is 174 cm³/mol. The highest BCUT2D eigenvalue weighted by Crippen LogP contribution is 2.33. The van der Waals surface area contributed by atoms with Crippen LogP contribution in [0, 0.1) is 6.92 Å². The Bertz CT molecular complexity index is 1510. The van der Waals surface area contributed by atoms with Crippen LogP contribution < -0.4 is 5.73 Å². The van der Waals surface area contributed by atoms with E-state index in [0.29, 0.717) is 5.56 Å². The van der Waals surface area contributed by atoms with Crippen LogP contribution >= 0.6 is 0 Å². The number of carbonyl (C=O) groups excluding carboxylic acids is 4. The second-order valence-corrected chi connectivity index (χ2v) is 12.8. The van der Waals surface area contributed by atoms with Gasteiger partial charge in [-0.2, -0.15) is 0 Å².